The van der Waals surface area contributed by atoms with E-state index < -0.39 is 16.1 Å². The molecule has 2 heterocycles. The Kier molecular flexibility index (Phi) is 17.6. The molecule has 0 spiro atoms. The van der Waals surface area contributed by atoms with Crippen molar-refractivity contribution in [1.82, 2.24) is 9.97 Å². The first-order chi connectivity index (χ1) is 31.8. The number of benzene rings is 4. The third kappa shape index (κ3) is 15.0. The minimum atomic E-state index is -1.50. The predicted molar refractivity (Wildman–Crippen MR) is 289 cm³/mol. The molecule has 0 aliphatic heterocycles. The van der Waals surface area contributed by atoms with Gasteiger partial charge in [-0.15, -0.1) is 69.8 Å². The van der Waals surface area contributed by atoms with Gasteiger partial charge < -0.3 is 15.1 Å². The van der Waals surface area contributed by atoms with Crippen LogP contribution in [-0.2, 0) is 35.7 Å². The van der Waals surface area contributed by atoms with Gasteiger partial charge in [0.25, 0.3) is 0 Å². The van der Waals surface area contributed by atoms with Crippen molar-refractivity contribution in [2.45, 2.75) is 159 Å². The van der Waals surface area contributed by atoms with Gasteiger partial charge in [-0.1, -0.05) is 169 Å². The number of hydrogen-bond acceptors (Lipinski definition) is 4. The second-order valence-electron chi connectivity index (χ2n) is 21.8. The first-order valence-electron chi connectivity index (χ1n) is 25.7. The van der Waals surface area contributed by atoms with Crippen molar-refractivity contribution in [2.24, 2.45) is 11.8 Å². The van der Waals surface area contributed by atoms with Crippen molar-refractivity contribution in [2.75, 3.05) is 0 Å². The molecule has 1 radical (unpaired) electrons. The molecule has 6 aromatic rings. The Morgan fingerprint density at radius 3 is 1.32 bits per heavy atom. The fourth-order valence-corrected chi connectivity index (χ4v) is 10.1. The quantitative estimate of drug-likeness (QED) is 0.0608. The maximum Gasteiger partial charge on any atom is 0.162 e. The topological polar surface area (TPSA) is 63.1 Å². The van der Waals surface area contributed by atoms with Crippen LogP contribution in [-0.4, -0.2) is 37.0 Å². The first-order valence-corrected chi connectivity index (χ1v) is 30.7. The molecule has 0 unspecified atom stereocenters. The zero-order chi connectivity index (χ0) is 52.1. The van der Waals surface area contributed by atoms with Gasteiger partial charge in [0.2, 0.25) is 0 Å². The Morgan fingerprint density at radius 1 is 0.636 bits per heavy atom. The number of aromatic nitrogens is 2. The van der Waals surface area contributed by atoms with E-state index in [4.69, 9.17) is 5.48 Å². The van der Waals surface area contributed by atoms with Crippen molar-refractivity contribution in [1.29, 1.82) is 0 Å². The number of carbonyl (C=O) groups excluding carboxylic acids is 1. The monoisotopic (exact) mass is 1100 g/mol. The zero-order valence-corrected chi connectivity index (χ0v) is 47.8. The smallest absolute Gasteiger partial charge is 0.162 e. The van der Waals surface area contributed by atoms with E-state index in [1.807, 2.05) is 41.5 Å². The molecule has 1 N–H and O–H groups in total. The summed E-state index contributed by atoms with van der Waals surface area (Å²) in [4.78, 5) is 20.7. The summed E-state index contributed by atoms with van der Waals surface area (Å²) in [6.45, 7) is 39.1. The summed E-state index contributed by atoms with van der Waals surface area (Å²) in [5, 5.41) is 15.8. The molecule has 0 aliphatic rings. The molecular weight excluding hydrogens is 1020 g/mol. The summed E-state index contributed by atoms with van der Waals surface area (Å²) in [6.07, 6.45) is 4.96. The number of rotatable bonds is 11. The Labute approximate surface area is 421 Å². The van der Waals surface area contributed by atoms with E-state index in [0.717, 1.165) is 80.9 Å². The summed E-state index contributed by atoms with van der Waals surface area (Å²) in [6, 6.07) is 28.5. The van der Waals surface area contributed by atoms with Gasteiger partial charge in [-0.05, 0) is 81.5 Å². The molecule has 4 aromatic carbocycles. The van der Waals surface area contributed by atoms with Gasteiger partial charge in [-0.2, -0.15) is 0 Å². The Hall–Kier alpha value is -4.01. The molecule has 357 valence electrons. The molecule has 4 nitrogen and oxygen atoms in total. The number of fused-ring (bicyclic) bond motifs is 2. The number of allylic oxidation sites excluding steroid dienone is 2. The summed E-state index contributed by atoms with van der Waals surface area (Å²) in [5.41, 5.74) is 7.93. The molecule has 0 aliphatic carbocycles. The average Bonchev–Trinajstić information content (AvgIpc) is 3.25. The molecule has 0 amide bonds. The van der Waals surface area contributed by atoms with E-state index in [0.29, 0.717) is 0 Å². The largest absolute Gasteiger partial charge is 0.512 e. The number of aryl methyl sites for hydroxylation is 2. The first kappa shape index (κ1) is 49.9. The maximum absolute atomic E-state index is 11.7. The molecule has 0 atom stereocenters. The SMILES string of the molecule is CCC(CC)C(=O)/C=C(\O)C(CC)CC.[2H]c1nc(-c2[c-]c(C)cc(C(C)(C)C)c2)c2ccc([Si](C)(C)C)cc2c1[2H].[2H]c1nc(-c2[c-]c(C)cc(C(C)(C)C)c2)c2ccc([Si](C)(C)C)cc2c1[2H].[Ir]. The second kappa shape index (κ2) is 23.3. The summed E-state index contributed by atoms with van der Waals surface area (Å²) in [7, 11) is -3.01. The van der Waals surface area contributed by atoms with Crippen LogP contribution in [0.2, 0.25) is 39.3 Å². The van der Waals surface area contributed by atoms with Crippen LogP contribution < -0.4 is 10.4 Å². The maximum atomic E-state index is 11.7. The number of nitrogens with zero attached hydrogens (tertiary/aromatic N) is 2. The van der Waals surface area contributed by atoms with Gasteiger partial charge >= 0.3 is 0 Å². The number of carbonyl (C=O) groups is 1. The number of ketones is 1. The average molecular weight is 1100 g/mol. The molecule has 6 rings (SSSR count). The number of aliphatic hydroxyl groups is 1. The normalized spacial score (nSPS) is 13.2. The van der Waals surface area contributed by atoms with E-state index in [2.05, 4.69) is 164 Å². The van der Waals surface area contributed by atoms with Crippen LogP contribution in [0.5, 0.6) is 0 Å². The standard InChI is InChI=1S/2C23H28NSi.C13H24O2.Ir/c2*1-16-12-18(14-19(13-16)23(2,3)4)22-21-9-8-20(25(5,6)7)15-17(21)10-11-24-22;1-5-10(6-2)12(14)9-13(15)11(7-3)8-4;/h2*8-11,13-15H,1-7H3;9-11,14H,5-8H2,1-4H3;/q2*-1;;/b;;12-9-;/i2*10D,11D;;. The van der Waals surface area contributed by atoms with Gasteiger partial charge in [-0.3, -0.25) is 4.79 Å². The molecule has 7 heteroatoms. The number of aliphatic hydroxyl groups excluding tert-OH is 1. The Balaban J connectivity index is 0.000000289. The van der Waals surface area contributed by atoms with Crippen LogP contribution in [0.4, 0.5) is 0 Å². The molecule has 0 fully saturated rings. The van der Waals surface area contributed by atoms with Crippen LogP contribution >= 0.6 is 0 Å². The van der Waals surface area contributed by atoms with E-state index in [1.165, 1.54) is 27.6 Å². The van der Waals surface area contributed by atoms with Gasteiger partial charge in [0.15, 0.2) is 5.78 Å². The summed E-state index contributed by atoms with van der Waals surface area (Å²) in [5.74, 6) is 0.547. The van der Waals surface area contributed by atoms with Crippen molar-refractivity contribution >= 4 is 53.8 Å². The van der Waals surface area contributed by atoms with Crippen LogP contribution in [0.1, 0.15) is 123 Å². The second-order valence-corrected chi connectivity index (χ2v) is 32.0. The van der Waals surface area contributed by atoms with Crippen LogP contribution in [0.3, 0.4) is 0 Å². The molecule has 2 aromatic heterocycles. The summed E-state index contributed by atoms with van der Waals surface area (Å²) >= 11 is 0. The van der Waals surface area contributed by atoms with E-state index in [9.17, 15) is 9.90 Å². The molecule has 0 bridgehead atoms. The van der Waals surface area contributed by atoms with Gasteiger partial charge in [-0.25, -0.2) is 0 Å². The summed E-state index contributed by atoms with van der Waals surface area (Å²) < 4.78 is 33.3. The predicted octanol–water partition coefficient (Wildman–Crippen LogP) is 15.6. The fourth-order valence-electron chi connectivity index (χ4n) is 7.79. The molecule has 66 heavy (non-hydrogen) atoms. The van der Waals surface area contributed by atoms with Gasteiger partial charge in [0.1, 0.15) is 0 Å². The van der Waals surface area contributed by atoms with Crippen LogP contribution in [0.25, 0.3) is 44.1 Å². The van der Waals surface area contributed by atoms with Gasteiger partial charge in [0, 0.05) is 50.4 Å². The Morgan fingerprint density at radius 2 is 1.00 bits per heavy atom. The number of hydrogen-bond donors (Lipinski definition) is 1. The molecule has 0 saturated carbocycles. The third-order valence-electron chi connectivity index (χ3n) is 12.3. The van der Waals surface area contributed by atoms with Crippen LogP contribution in [0.15, 0.2) is 96.9 Å². The Bertz CT molecular complexity index is 2660. The third-order valence-corrected chi connectivity index (χ3v) is 16.4. The number of pyridine rings is 2. The fraction of sp³-hybridized carbons (Fsp3) is 0.441. The van der Waals surface area contributed by atoms with Crippen molar-refractivity contribution < 1.29 is 35.5 Å². The molecule has 0 saturated heterocycles. The van der Waals surface area contributed by atoms with Crippen molar-refractivity contribution in [3.05, 3.63) is 131 Å². The van der Waals surface area contributed by atoms with Gasteiger partial charge in [0.05, 0.1) is 27.4 Å². The van der Waals surface area contributed by atoms with Crippen LogP contribution in [0, 0.1) is 37.8 Å². The molecular formula is C59H80IrN2O2Si2-2. The van der Waals surface area contributed by atoms with Crippen molar-refractivity contribution in [3.8, 4) is 22.5 Å². The minimum absolute atomic E-state index is 0. The van der Waals surface area contributed by atoms with E-state index >= 15 is 0 Å². The zero-order valence-electron chi connectivity index (χ0n) is 47.4. The minimum Gasteiger partial charge on any atom is -0.512 e. The van der Waals surface area contributed by atoms with E-state index in [-0.39, 0.29) is 78.7 Å². The van der Waals surface area contributed by atoms with E-state index in [1.54, 1.807) is 0 Å². The van der Waals surface area contributed by atoms with Crippen molar-refractivity contribution in [3.63, 3.8) is 0 Å².